The lowest BCUT2D eigenvalue weighted by Gasteiger charge is -2.27. The van der Waals surface area contributed by atoms with Crippen molar-refractivity contribution in [1.82, 2.24) is 41.7 Å². The number of thioether (sulfide) groups is 2. The van der Waals surface area contributed by atoms with Crippen molar-refractivity contribution in [1.29, 1.82) is 0 Å². The van der Waals surface area contributed by atoms with Crippen LogP contribution in [0.25, 0.3) is 0 Å². The number of guanidine groups is 1. The van der Waals surface area contributed by atoms with Crippen LogP contribution in [0.3, 0.4) is 0 Å². The smallest absolute Gasteiger partial charge is 0.303 e. The van der Waals surface area contributed by atoms with Crippen molar-refractivity contribution in [2.24, 2.45) is 52.0 Å². The van der Waals surface area contributed by atoms with Crippen LogP contribution in [0.2, 0.25) is 0 Å². The van der Waals surface area contributed by atoms with Gasteiger partial charge in [0.05, 0.1) is 61.5 Å². The number of hydrogen-bond donors (Lipinski definition) is 13. The first-order chi connectivity index (χ1) is 61.4. The SMILES string of the molecule is COCCOCCSC1=CC(=O)N(CCC(=O)C[C@H](CCC(=O)O)C(=O)N[C@H](CCC(=O)O)C(=O)C[C@H](CCC(=O)O)C(=O)N[C@H](CCC(=O)O)C(=O)C[C@H](CCC(=O)O)C(=O)N[C@@H](Cc2ccc(C(C)=O)cc2)C(=O)CCCOCC(=O)N2CCC[C@H]2C(=O)N[C@@H](CC(C)C)C(=O)CCC(=O)N[C@@H](CSC)C(=O)C[C@@H](C)C(=O)NCC(=O)C[C@@H](C)CCCN=C(N)N)C1=O. The number of Topliss-reactive ketones (excluding diaryl/α,β-unsaturated/α-hetero) is 8. The van der Waals surface area contributed by atoms with Crippen LogP contribution in [0.4, 0.5) is 0 Å². The number of ether oxygens (including phenoxy) is 3. The molecule has 15 N–H and O–H groups in total. The molecule has 0 saturated carbocycles. The summed E-state index contributed by atoms with van der Waals surface area (Å²) in [5.41, 5.74) is 11.4. The average Bonchev–Trinajstić information content (AvgIpc) is 1.66. The highest BCUT2D eigenvalue weighted by atomic mass is 32.2. The minimum absolute atomic E-state index is 0.00980. The van der Waals surface area contributed by atoms with Gasteiger partial charge in [0.25, 0.3) is 11.8 Å². The lowest BCUT2D eigenvalue weighted by molar-refractivity contribution is -0.142. The molecule has 1 saturated heterocycles. The molecule has 722 valence electrons. The first kappa shape index (κ1) is 113. The van der Waals surface area contributed by atoms with Gasteiger partial charge in [0.2, 0.25) is 41.4 Å². The van der Waals surface area contributed by atoms with Crippen molar-refractivity contribution in [3.8, 4) is 0 Å². The Morgan fingerprint density at radius 2 is 1.08 bits per heavy atom. The van der Waals surface area contributed by atoms with Crippen molar-refractivity contribution in [3.05, 3.63) is 46.4 Å². The molecule has 2 aliphatic rings. The standard InChI is InChI=1S/C87H127N11O30S2/c1-50(2)39-63(68(103)23-24-73(107)92-65(49-129-7)69(104)41-52(4)81(120)91-47-60(101)40-51(3)11-8-31-90-87(88)89)96-85(124)66-12-9-32-97(66)75(109)48-128-34-10-13-67(102)64(42-54-14-16-55(17-15-54)53(5)99)95-84(123)58(20-27-78(114)115)45-71(106)62(22-29-80(118)119)94-83(122)57(19-26-77(112)113)44-70(105)61(21-28-79(116)117)93-82(121)56(18-25-76(110)111)43-59(100)30-33-98-74(108)46-72(86(98)125)130-38-37-127-36-35-126-6/h14-17,46,50-52,56-58,61-66H,8-13,18-45,47-49H2,1-7H3,(H,91,120)(H,92,107)(H,93,121)(H,94,122)(H,95,123)(H,96,124)(H,110,111)(H,112,113)(H,114,115)(H,116,117)(H,118,119)(H4,88,89,90)/t51-,52+,56-,57-,58-,61+,62+,63-,64-,65-,66-/m0/s1. The highest BCUT2D eigenvalue weighted by Gasteiger charge is 2.40. The van der Waals surface area contributed by atoms with E-state index in [0.29, 0.717) is 43.7 Å². The number of aliphatic imine (C=N–C) groups is 1. The van der Waals surface area contributed by atoms with Crippen LogP contribution in [0.1, 0.15) is 211 Å². The van der Waals surface area contributed by atoms with E-state index in [1.807, 2.05) is 20.8 Å². The van der Waals surface area contributed by atoms with Gasteiger partial charge in [-0.05, 0) is 108 Å². The molecule has 1 aromatic carbocycles. The van der Waals surface area contributed by atoms with Crippen LogP contribution in [-0.2, 0) is 121 Å². The van der Waals surface area contributed by atoms with Crippen LogP contribution < -0.4 is 43.4 Å². The summed E-state index contributed by atoms with van der Waals surface area (Å²) in [4.78, 5) is 298. The van der Waals surface area contributed by atoms with E-state index < -0.39 is 281 Å². The minimum Gasteiger partial charge on any atom is -0.481 e. The number of rotatable bonds is 72. The molecule has 1 aromatic rings. The summed E-state index contributed by atoms with van der Waals surface area (Å²) >= 11 is 2.30. The van der Waals surface area contributed by atoms with Gasteiger partial charge < -0.3 is 88.0 Å². The molecule has 3 rings (SSSR count). The molecule has 0 aliphatic carbocycles. The Kier molecular flexibility index (Phi) is 52.9. The molecule has 1 fully saturated rings. The Morgan fingerprint density at radius 3 is 1.62 bits per heavy atom. The van der Waals surface area contributed by atoms with E-state index in [1.165, 1.54) is 61.9 Å². The molecule has 2 heterocycles. The topological polar surface area (TPSA) is 647 Å². The maximum Gasteiger partial charge on any atom is 0.303 e. The summed E-state index contributed by atoms with van der Waals surface area (Å²) in [6, 6.07) is -2.39. The number of carboxylic acid groups (broad SMARTS) is 5. The quantitative estimate of drug-likeness (QED) is 0.0146. The molecular weight excluding hydrogens is 1740 g/mol. The van der Waals surface area contributed by atoms with Crippen molar-refractivity contribution in [2.45, 2.75) is 238 Å². The number of nitrogens with zero attached hydrogens (tertiary/aromatic N) is 3. The third kappa shape index (κ3) is 45.0. The number of nitrogens with one attached hydrogen (secondary N) is 6. The second kappa shape index (κ2) is 60.8. The van der Waals surface area contributed by atoms with Gasteiger partial charge in [-0.15, -0.1) is 11.8 Å². The highest BCUT2D eigenvalue weighted by molar-refractivity contribution is 8.04. The fourth-order valence-corrected chi connectivity index (χ4v) is 15.6. The van der Waals surface area contributed by atoms with Gasteiger partial charge in [-0.3, -0.25) is 115 Å². The second-order valence-corrected chi connectivity index (χ2v) is 34.7. The van der Waals surface area contributed by atoms with Crippen LogP contribution in [0.15, 0.2) is 40.2 Å². The molecule has 130 heavy (non-hydrogen) atoms. The van der Waals surface area contributed by atoms with Crippen LogP contribution in [0, 0.1) is 35.5 Å². The molecule has 2 aliphatic heterocycles. The van der Waals surface area contributed by atoms with E-state index in [1.54, 1.807) is 6.26 Å². The van der Waals surface area contributed by atoms with E-state index in [-0.39, 0.29) is 136 Å². The van der Waals surface area contributed by atoms with E-state index in [0.717, 1.165) is 22.7 Å². The van der Waals surface area contributed by atoms with Crippen molar-refractivity contribution in [3.63, 3.8) is 0 Å². The fraction of sp³-hybridized carbons (Fsp3) is 0.644. The number of carbonyl (C=O) groups is 22. The zero-order valence-electron chi connectivity index (χ0n) is 74.7. The number of imide groups is 1. The summed E-state index contributed by atoms with van der Waals surface area (Å²) < 4.78 is 16.0. The van der Waals surface area contributed by atoms with Gasteiger partial charge in [0.1, 0.15) is 18.4 Å². The molecule has 9 amide bonds. The van der Waals surface area contributed by atoms with Crippen LogP contribution in [-0.4, -0.2) is 291 Å². The third-order valence-corrected chi connectivity index (χ3v) is 23.0. The zero-order chi connectivity index (χ0) is 97.3. The van der Waals surface area contributed by atoms with E-state index >= 15 is 0 Å². The number of likely N-dealkylation sites (tertiary alicyclic amines) is 1. The Hall–Kier alpha value is -11.0. The fourth-order valence-electron chi connectivity index (χ4n) is 14.2. The molecule has 0 unspecified atom stereocenters. The van der Waals surface area contributed by atoms with Gasteiger partial charge >= 0.3 is 29.8 Å². The summed E-state index contributed by atoms with van der Waals surface area (Å²) in [6.07, 6.45) is -6.92. The van der Waals surface area contributed by atoms with Crippen LogP contribution in [0.5, 0.6) is 0 Å². The van der Waals surface area contributed by atoms with Crippen molar-refractivity contribution in [2.75, 3.05) is 84.1 Å². The van der Waals surface area contributed by atoms with Gasteiger partial charge in [0.15, 0.2) is 46.4 Å². The van der Waals surface area contributed by atoms with Gasteiger partial charge in [-0.1, -0.05) is 52.0 Å². The summed E-state index contributed by atoms with van der Waals surface area (Å²) in [5.74, 6) is -25.3. The monoisotopic (exact) mass is 1870 g/mol. The van der Waals surface area contributed by atoms with Crippen LogP contribution >= 0.6 is 23.5 Å². The first-order valence-corrected chi connectivity index (χ1v) is 45.6. The third-order valence-electron chi connectivity index (χ3n) is 21.3. The number of aliphatic carboxylic acids is 5. The summed E-state index contributed by atoms with van der Waals surface area (Å²) in [7, 11) is 1.49. The first-order valence-electron chi connectivity index (χ1n) is 43.3. The maximum absolute atomic E-state index is 14.6. The zero-order valence-corrected chi connectivity index (χ0v) is 76.4. The molecular formula is C87H127N11O30S2. The van der Waals surface area contributed by atoms with E-state index in [2.05, 4.69) is 36.9 Å². The summed E-state index contributed by atoms with van der Waals surface area (Å²) in [6.45, 7) is 8.22. The molecule has 0 aromatic heterocycles. The predicted octanol–water partition coefficient (Wildman–Crippen LogP) is 2.42. The van der Waals surface area contributed by atoms with Gasteiger partial charge in [-0.2, -0.15) is 11.8 Å². The summed E-state index contributed by atoms with van der Waals surface area (Å²) in [5, 5.41) is 64.0. The minimum atomic E-state index is -1.88. The molecule has 43 heteroatoms. The van der Waals surface area contributed by atoms with Crippen molar-refractivity contribution < 1.29 is 145 Å². The lowest BCUT2D eigenvalue weighted by Crippen LogP contribution is -2.52. The second-order valence-electron chi connectivity index (χ2n) is 32.7. The van der Waals surface area contributed by atoms with Gasteiger partial charge in [0, 0.05) is 170 Å². The average molecular weight is 1870 g/mol. The number of hydrogen-bond acceptors (Lipinski definition) is 28. The molecule has 41 nitrogen and oxygen atoms in total. The van der Waals surface area contributed by atoms with Gasteiger partial charge in [-0.25, -0.2) is 0 Å². The number of amides is 9. The number of carboxylic acids is 5. The molecule has 0 radical (unpaired) electrons. The normalized spacial score (nSPS) is 15.3. The highest BCUT2D eigenvalue weighted by Crippen LogP contribution is 2.28. The number of methoxy groups -OCH3 is 1. The van der Waals surface area contributed by atoms with E-state index in [4.69, 9.17) is 25.7 Å². The number of nitrogens with two attached hydrogens (primary N) is 2. The maximum atomic E-state index is 14.6. The van der Waals surface area contributed by atoms with Crippen molar-refractivity contribution >= 4 is 159 Å². The van der Waals surface area contributed by atoms with E-state index in [9.17, 15) is 131 Å². The Morgan fingerprint density at radius 1 is 0.546 bits per heavy atom. The number of benzene rings is 1. The Labute approximate surface area is 762 Å². The largest absolute Gasteiger partial charge is 0.481 e. The number of carbonyl (C=O) groups excluding carboxylic acids is 17. The predicted molar refractivity (Wildman–Crippen MR) is 470 cm³/mol. The molecule has 11 atom stereocenters. The number of ketones is 8. The Balaban J connectivity index is 1.77. The molecule has 0 bridgehead atoms. The Bertz CT molecular complexity index is 4190. The molecule has 0 spiro atoms. The lowest BCUT2D eigenvalue weighted by atomic mass is 9.89.